The molecule has 0 spiro atoms. The van der Waals surface area contributed by atoms with Crippen LogP contribution in [0.3, 0.4) is 0 Å². The van der Waals surface area contributed by atoms with Crippen LogP contribution in [0.15, 0.2) is 25.4 Å². The van der Waals surface area contributed by atoms with E-state index in [2.05, 4.69) is 49.6 Å². The van der Waals surface area contributed by atoms with E-state index in [1.54, 1.807) is 6.08 Å². The molecule has 1 atom stereocenters. The fourth-order valence-corrected chi connectivity index (χ4v) is 2.06. The Kier molecular flexibility index (Phi) is 7.23. The van der Waals surface area contributed by atoms with Gasteiger partial charge in [0.15, 0.2) is 0 Å². The smallest absolute Gasteiger partial charge is 0.112 e. The molecular formula is C16H28N4. The Balaban J connectivity index is 2.25. The van der Waals surface area contributed by atoms with Gasteiger partial charge in [0.2, 0.25) is 0 Å². The van der Waals surface area contributed by atoms with Gasteiger partial charge in [-0.3, -0.25) is 4.68 Å². The first-order chi connectivity index (χ1) is 9.52. The number of unbranched alkanes of at least 4 members (excludes halogenated alkanes) is 1. The zero-order valence-corrected chi connectivity index (χ0v) is 13.1. The van der Waals surface area contributed by atoms with Crippen molar-refractivity contribution in [2.24, 2.45) is 5.92 Å². The van der Waals surface area contributed by atoms with Crippen LogP contribution in [0.5, 0.6) is 0 Å². The second kappa shape index (κ2) is 8.69. The summed E-state index contributed by atoms with van der Waals surface area (Å²) >= 11 is 0. The predicted octanol–water partition coefficient (Wildman–Crippen LogP) is 3.28. The molecule has 4 heteroatoms. The second-order valence-corrected chi connectivity index (χ2v) is 5.76. The SMILES string of the molecule is C=CC(=C)c1cn(CC(C)CCCCNC(C)C)nn1. The van der Waals surface area contributed by atoms with Crippen molar-refractivity contribution in [1.29, 1.82) is 0 Å². The minimum Gasteiger partial charge on any atom is -0.315 e. The maximum atomic E-state index is 4.14. The molecule has 1 N–H and O–H groups in total. The second-order valence-electron chi connectivity index (χ2n) is 5.76. The quantitative estimate of drug-likeness (QED) is 0.527. The van der Waals surface area contributed by atoms with E-state index in [0.29, 0.717) is 12.0 Å². The summed E-state index contributed by atoms with van der Waals surface area (Å²) in [6.45, 7) is 16.2. The van der Waals surface area contributed by atoms with Crippen LogP contribution in [0.2, 0.25) is 0 Å². The minimum absolute atomic E-state index is 0.582. The fraction of sp³-hybridized carbons (Fsp3) is 0.625. The molecule has 0 aromatic carbocycles. The molecule has 0 aliphatic heterocycles. The van der Waals surface area contributed by atoms with Gasteiger partial charge in [-0.1, -0.05) is 51.6 Å². The number of hydrogen-bond donors (Lipinski definition) is 1. The first kappa shape index (κ1) is 16.6. The largest absolute Gasteiger partial charge is 0.315 e. The van der Waals surface area contributed by atoms with Gasteiger partial charge in [-0.2, -0.15) is 0 Å². The molecule has 1 aromatic rings. The van der Waals surface area contributed by atoms with Crippen molar-refractivity contribution in [2.45, 2.75) is 52.6 Å². The molecule has 4 nitrogen and oxygen atoms in total. The highest BCUT2D eigenvalue weighted by Crippen LogP contribution is 2.12. The molecule has 1 heterocycles. The summed E-state index contributed by atoms with van der Waals surface area (Å²) in [5.74, 6) is 0.612. The maximum Gasteiger partial charge on any atom is 0.112 e. The summed E-state index contributed by atoms with van der Waals surface area (Å²) in [4.78, 5) is 0. The van der Waals surface area contributed by atoms with E-state index in [-0.39, 0.29) is 0 Å². The summed E-state index contributed by atoms with van der Waals surface area (Å²) in [7, 11) is 0. The van der Waals surface area contributed by atoms with E-state index >= 15 is 0 Å². The molecule has 1 rings (SSSR count). The van der Waals surface area contributed by atoms with Gasteiger partial charge in [0, 0.05) is 12.6 Å². The van der Waals surface area contributed by atoms with E-state index in [0.717, 1.165) is 24.4 Å². The van der Waals surface area contributed by atoms with E-state index in [1.165, 1.54) is 19.3 Å². The standard InChI is InChI=1S/C16H28N4/c1-6-15(5)16-12-20(19-18-16)11-14(4)9-7-8-10-17-13(2)3/h6,12-14,17H,1,5,7-11H2,2-4H3. The molecule has 0 fully saturated rings. The normalized spacial score (nSPS) is 12.6. The Morgan fingerprint density at radius 1 is 1.40 bits per heavy atom. The van der Waals surface area contributed by atoms with Crippen LogP contribution in [0.25, 0.3) is 5.57 Å². The summed E-state index contributed by atoms with van der Waals surface area (Å²) < 4.78 is 1.90. The topological polar surface area (TPSA) is 42.7 Å². The zero-order chi connectivity index (χ0) is 15.0. The van der Waals surface area contributed by atoms with Gasteiger partial charge in [-0.25, -0.2) is 0 Å². The average molecular weight is 276 g/mol. The Morgan fingerprint density at radius 3 is 2.80 bits per heavy atom. The molecule has 0 saturated carbocycles. The molecule has 0 bridgehead atoms. The van der Waals surface area contributed by atoms with Crippen molar-refractivity contribution in [3.8, 4) is 0 Å². The maximum absolute atomic E-state index is 4.14. The van der Waals surface area contributed by atoms with Crippen LogP contribution in [-0.4, -0.2) is 27.6 Å². The van der Waals surface area contributed by atoms with Crippen molar-refractivity contribution >= 4 is 5.57 Å². The predicted molar refractivity (Wildman–Crippen MR) is 85.4 cm³/mol. The lowest BCUT2D eigenvalue weighted by atomic mass is 10.0. The van der Waals surface area contributed by atoms with Crippen molar-refractivity contribution in [1.82, 2.24) is 20.3 Å². The van der Waals surface area contributed by atoms with Gasteiger partial charge in [0.05, 0.1) is 6.20 Å². The van der Waals surface area contributed by atoms with Gasteiger partial charge in [0.1, 0.15) is 5.69 Å². The third-order valence-corrected chi connectivity index (χ3v) is 3.29. The Labute approximate surface area is 123 Å². The number of nitrogens with zero attached hydrogens (tertiary/aromatic N) is 3. The van der Waals surface area contributed by atoms with E-state index in [1.807, 2.05) is 10.9 Å². The number of hydrogen-bond acceptors (Lipinski definition) is 3. The molecule has 20 heavy (non-hydrogen) atoms. The molecule has 0 saturated heterocycles. The minimum atomic E-state index is 0.582. The van der Waals surface area contributed by atoms with Crippen LogP contribution < -0.4 is 5.32 Å². The molecule has 1 unspecified atom stereocenters. The van der Waals surface area contributed by atoms with Crippen molar-refractivity contribution in [2.75, 3.05) is 6.54 Å². The zero-order valence-electron chi connectivity index (χ0n) is 13.1. The van der Waals surface area contributed by atoms with Gasteiger partial charge < -0.3 is 5.32 Å². The lowest BCUT2D eigenvalue weighted by Gasteiger charge is -2.12. The molecule has 0 aliphatic rings. The average Bonchev–Trinajstić information content (AvgIpc) is 2.85. The van der Waals surface area contributed by atoms with Crippen molar-refractivity contribution in [3.63, 3.8) is 0 Å². The van der Waals surface area contributed by atoms with Crippen LogP contribution in [-0.2, 0) is 6.54 Å². The molecular weight excluding hydrogens is 248 g/mol. The monoisotopic (exact) mass is 276 g/mol. The third kappa shape index (κ3) is 6.15. The summed E-state index contributed by atoms with van der Waals surface area (Å²) in [5.41, 5.74) is 1.64. The molecule has 0 aliphatic carbocycles. The number of nitrogens with one attached hydrogen (secondary N) is 1. The van der Waals surface area contributed by atoms with Gasteiger partial charge in [-0.05, 0) is 30.9 Å². The highest BCUT2D eigenvalue weighted by molar-refractivity contribution is 5.67. The van der Waals surface area contributed by atoms with Crippen LogP contribution >= 0.6 is 0 Å². The Bertz CT molecular complexity index is 420. The van der Waals surface area contributed by atoms with Gasteiger partial charge in [-0.15, -0.1) is 5.10 Å². The third-order valence-electron chi connectivity index (χ3n) is 3.29. The number of aromatic nitrogens is 3. The van der Waals surface area contributed by atoms with E-state index in [9.17, 15) is 0 Å². The number of rotatable bonds is 10. The Morgan fingerprint density at radius 2 is 2.15 bits per heavy atom. The van der Waals surface area contributed by atoms with E-state index in [4.69, 9.17) is 0 Å². The van der Waals surface area contributed by atoms with Crippen LogP contribution in [0, 0.1) is 5.92 Å². The summed E-state index contributed by atoms with van der Waals surface area (Å²) in [6, 6.07) is 0.582. The molecule has 1 aromatic heterocycles. The first-order valence-electron chi connectivity index (χ1n) is 7.48. The van der Waals surface area contributed by atoms with Gasteiger partial charge >= 0.3 is 0 Å². The summed E-state index contributed by atoms with van der Waals surface area (Å²) in [5, 5.41) is 11.7. The Hall–Kier alpha value is -1.42. The number of allylic oxidation sites excluding steroid dienone is 2. The lowest BCUT2D eigenvalue weighted by molar-refractivity contribution is 0.399. The fourth-order valence-electron chi connectivity index (χ4n) is 2.06. The molecule has 0 amide bonds. The van der Waals surface area contributed by atoms with Gasteiger partial charge in [0.25, 0.3) is 0 Å². The molecule has 0 radical (unpaired) electrons. The van der Waals surface area contributed by atoms with Crippen molar-refractivity contribution in [3.05, 3.63) is 31.1 Å². The van der Waals surface area contributed by atoms with E-state index < -0.39 is 0 Å². The highest BCUT2D eigenvalue weighted by atomic mass is 15.4. The lowest BCUT2D eigenvalue weighted by Crippen LogP contribution is -2.23. The van der Waals surface area contributed by atoms with Crippen LogP contribution in [0.1, 0.15) is 45.7 Å². The first-order valence-corrected chi connectivity index (χ1v) is 7.48. The van der Waals surface area contributed by atoms with Crippen molar-refractivity contribution < 1.29 is 0 Å². The molecule has 112 valence electrons. The van der Waals surface area contributed by atoms with Crippen LogP contribution in [0.4, 0.5) is 0 Å². The summed E-state index contributed by atoms with van der Waals surface area (Å²) in [6.07, 6.45) is 7.36. The highest BCUT2D eigenvalue weighted by Gasteiger charge is 2.07.